The van der Waals surface area contributed by atoms with E-state index in [2.05, 4.69) is 23.9 Å². The molecule has 1 heterocycles. The number of thiophene rings is 1. The Hall–Kier alpha value is -1.19. The minimum absolute atomic E-state index is 0.0171. The third-order valence-electron chi connectivity index (χ3n) is 2.35. The van der Waals surface area contributed by atoms with Crippen molar-refractivity contribution in [2.45, 2.75) is 12.8 Å². The Labute approximate surface area is 86.3 Å². The fourth-order valence-corrected chi connectivity index (χ4v) is 2.51. The van der Waals surface area contributed by atoms with Gasteiger partial charge in [0.2, 0.25) is 0 Å². The van der Waals surface area contributed by atoms with Crippen LogP contribution in [0.5, 0.6) is 0 Å². The molecule has 0 saturated heterocycles. The normalized spacial score (nSPS) is 13.0. The Morgan fingerprint density at radius 3 is 2.79 bits per heavy atom. The molecule has 0 saturated carbocycles. The first kappa shape index (κ1) is 9.37. The van der Waals surface area contributed by atoms with E-state index in [1.165, 1.54) is 10.1 Å². The molecule has 0 fully saturated rings. The average Bonchev–Trinajstić information content (AvgIpc) is 2.59. The van der Waals surface area contributed by atoms with Crippen molar-refractivity contribution in [2.75, 3.05) is 0 Å². The lowest BCUT2D eigenvalue weighted by atomic mass is 10.1. The fourth-order valence-electron chi connectivity index (χ4n) is 1.37. The van der Waals surface area contributed by atoms with Crippen molar-refractivity contribution in [1.82, 2.24) is 0 Å². The Morgan fingerprint density at radius 2 is 2.14 bits per heavy atom. The van der Waals surface area contributed by atoms with Crippen LogP contribution in [0.15, 0.2) is 30.3 Å². The predicted molar refractivity (Wildman–Crippen MR) is 58.1 cm³/mol. The van der Waals surface area contributed by atoms with Gasteiger partial charge in [-0.05, 0) is 24.4 Å². The summed E-state index contributed by atoms with van der Waals surface area (Å²) in [6.45, 7) is 1.90. The van der Waals surface area contributed by atoms with E-state index >= 15 is 0 Å². The van der Waals surface area contributed by atoms with Crippen LogP contribution in [0.25, 0.3) is 10.1 Å². The standard InChI is InChI=1S/C11H11NOS/c1-7(11(12)13)10-6-8-4-2-3-5-9(8)14-10/h2-7H,1H3,(H2,12,13)/p+1/t7-/m0/s1. The summed E-state index contributed by atoms with van der Waals surface area (Å²) in [5.41, 5.74) is 3.45. The lowest BCUT2D eigenvalue weighted by Crippen LogP contribution is -2.58. The number of carbonyl (C=O) groups excluding carboxylic acids is 1. The molecule has 72 valence electrons. The molecule has 2 aromatic rings. The number of carbonyl (C=O) groups is 1. The van der Waals surface area contributed by atoms with E-state index in [0.29, 0.717) is 0 Å². The lowest BCUT2D eigenvalue weighted by molar-refractivity contribution is -0.307. The molecule has 2 nitrogen and oxygen atoms in total. The van der Waals surface area contributed by atoms with Gasteiger partial charge in [0.15, 0.2) is 0 Å². The van der Waals surface area contributed by atoms with Gasteiger partial charge in [0.25, 0.3) is 0 Å². The summed E-state index contributed by atoms with van der Waals surface area (Å²) in [5, 5.41) is 1.21. The molecular weight excluding hydrogens is 194 g/mol. The molecule has 0 spiro atoms. The van der Waals surface area contributed by atoms with Gasteiger partial charge in [0.1, 0.15) is 5.92 Å². The molecule has 0 radical (unpaired) electrons. The largest absolute Gasteiger partial charge is 0.316 e. The number of rotatable bonds is 2. The SMILES string of the molecule is C[C@H](C([NH3+])=O)c1cc2ccccc2s1. The summed E-state index contributed by atoms with van der Waals surface area (Å²) in [6.07, 6.45) is 0. The second-order valence-corrected chi connectivity index (χ2v) is 4.49. The fraction of sp³-hybridized carbons (Fsp3) is 0.182. The van der Waals surface area contributed by atoms with Gasteiger partial charge >= 0.3 is 5.91 Å². The first-order valence-corrected chi connectivity index (χ1v) is 5.34. The van der Waals surface area contributed by atoms with Crippen LogP contribution >= 0.6 is 11.3 Å². The van der Waals surface area contributed by atoms with Gasteiger partial charge in [0, 0.05) is 9.58 Å². The minimum Gasteiger partial charge on any atom is -0.294 e. The zero-order valence-corrected chi connectivity index (χ0v) is 8.80. The van der Waals surface area contributed by atoms with Crippen molar-refractivity contribution in [3.05, 3.63) is 35.2 Å². The molecular formula is C11H12NOS+. The number of quaternary nitrogens is 1. The summed E-state index contributed by atoms with van der Waals surface area (Å²) in [4.78, 5) is 12.2. The Morgan fingerprint density at radius 1 is 1.43 bits per heavy atom. The first-order valence-electron chi connectivity index (χ1n) is 4.53. The van der Waals surface area contributed by atoms with Gasteiger partial charge in [-0.2, -0.15) is 0 Å². The molecule has 1 atom stereocenters. The molecule has 0 unspecified atom stereocenters. The lowest BCUT2D eigenvalue weighted by Gasteiger charge is -1.97. The van der Waals surface area contributed by atoms with E-state index in [1.54, 1.807) is 11.3 Å². The third kappa shape index (κ3) is 1.56. The van der Waals surface area contributed by atoms with Crippen molar-refractivity contribution in [3.63, 3.8) is 0 Å². The van der Waals surface area contributed by atoms with Crippen LogP contribution in [0.1, 0.15) is 17.7 Å². The number of hydrogen-bond donors (Lipinski definition) is 1. The molecule has 3 heteroatoms. The van der Waals surface area contributed by atoms with Crippen molar-refractivity contribution in [1.29, 1.82) is 0 Å². The van der Waals surface area contributed by atoms with Gasteiger partial charge in [-0.1, -0.05) is 18.2 Å². The van der Waals surface area contributed by atoms with Crippen LogP contribution in [0.3, 0.4) is 0 Å². The monoisotopic (exact) mass is 206 g/mol. The van der Waals surface area contributed by atoms with Crippen LogP contribution in [0, 0.1) is 0 Å². The predicted octanol–water partition coefficient (Wildman–Crippen LogP) is 1.77. The van der Waals surface area contributed by atoms with Gasteiger partial charge in [0.05, 0.1) is 0 Å². The van der Waals surface area contributed by atoms with E-state index in [4.69, 9.17) is 0 Å². The number of hydrogen-bond acceptors (Lipinski definition) is 2. The van der Waals surface area contributed by atoms with Crippen molar-refractivity contribution >= 4 is 27.3 Å². The second-order valence-electron chi connectivity index (χ2n) is 3.37. The number of amides is 1. The highest BCUT2D eigenvalue weighted by Gasteiger charge is 2.17. The molecule has 0 aliphatic carbocycles. The zero-order chi connectivity index (χ0) is 10.1. The highest BCUT2D eigenvalue weighted by molar-refractivity contribution is 7.19. The second kappa shape index (κ2) is 3.52. The van der Waals surface area contributed by atoms with Crippen LogP contribution in [0.2, 0.25) is 0 Å². The topological polar surface area (TPSA) is 44.7 Å². The van der Waals surface area contributed by atoms with Gasteiger partial charge < -0.3 is 0 Å². The van der Waals surface area contributed by atoms with Crippen LogP contribution in [-0.2, 0) is 4.79 Å². The van der Waals surface area contributed by atoms with E-state index < -0.39 is 0 Å². The molecule has 1 amide bonds. The number of benzene rings is 1. The molecule has 0 bridgehead atoms. The Bertz CT molecular complexity index is 442. The van der Waals surface area contributed by atoms with E-state index in [1.807, 2.05) is 19.1 Å². The summed E-state index contributed by atoms with van der Waals surface area (Å²) in [5.74, 6) is -0.0936. The highest BCUT2D eigenvalue weighted by Crippen LogP contribution is 2.30. The molecule has 14 heavy (non-hydrogen) atoms. The number of fused-ring (bicyclic) bond motifs is 1. The molecule has 3 N–H and O–H groups in total. The zero-order valence-electron chi connectivity index (χ0n) is 7.99. The minimum atomic E-state index is -0.0765. The molecule has 0 aliphatic rings. The van der Waals surface area contributed by atoms with Crippen LogP contribution in [-0.4, -0.2) is 5.91 Å². The van der Waals surface area contributed by atoms with E-state index in [9.17, 15) is 4.79 Å². The summed E-state index contributed by atoms with van der Waals surface area (Å²) >= 11 is 1.67. The van der Waals surface area contributed by atoms with Crippen LogP contribution in [0.4, 0.5) is 0 Å². The summed E-state index contributed by atoms with van der Waals surface area (Å²) < 4.78 is 1.23. The first-order chi connectivity index (χ1) is 6.68. The highest BCUT2D eigenvalue weighted by atomic mass is 32.1. The maximum absolute atomic E-state index is 11.1. The van der Waals surface area contributed by atoms with E-state index in [-0.39, 0.29) is 11.8 Å². The average molecular weight is 206 g/mol. The quantitative estimate of drug-likeness (QED) is 0.799. The van der Waals surface area contributed by atoms with Crippen molar-refractivity contribution in [2.24, 2.45) is 0 Å². The molecule has 2 rings (SSSR count). The van der Waals surface area contributed by atoms with Crippen molar-refractivity contribution < 1.29 is 10.5 Å². The Balaban J connectivity index is 2.50. The Kier molecular flexibility index (Phi) is 2.35. The maximum Gasteiger partial charge on any atom is 0.316 e. The molecule has 0 aliphatic heterocycles. The smallest absolute Gasteiger partial charge is 0.294 e. The third-order valence-corrected chi connectivity index (χ3v) is 3.65. The summed E-state index contributed by atoms with van der Waals surface area (Å²) in [6, 6.07) is 10.2. The maximum atomic E-state index is 11.1. The molecule has 1 aromatic heterocycles. The van der Waals surface area contributed by atoms with Crippen LogP contribution < -0.4 is 5.73 Å². The summed E-state index contributed by atoms with van der Waals surface area (Å²) in [7, 11) is 0. The van der Waals surface area contributed by atoms with Gasteiger partial charge in [-0.25, -0.2) is 4.79 Å². The van der Waals surface area contributed by atoms with Gasteiger partial charge in [-0.3, -0.25) is 5.73 Å². The van der Waals surface area contributed by atoms with Crippen molar-refractivity contribution in [3.8, 4) is 0 Å². The molecule has 1 aromatic carbocycles. The van der Waals surface area contributed by atoms with Gasteiger partial charge in [-0.15, -0.1) is 11.3 Å². The van der Waals surface area contributed by atoms with E-state index in [0.717, 1.165) is 4.88 Å².